The number of benzene rings is 2. The quantitative estimate of drug-likeness (QED) is 0.675. The molecule has 2 aromatic rings. The molecule has 0 saturated heterocycles. The van der Waals surface area contributed by atoms with Crippen LogP contribution in [0.4, 0.5) is 17.1 Å². The predicted molar refractivity (Wildman–Crippen MR) is 83.9 cm³/mol. The van der Waals surface area contributed by atoms with Crippen LogP contribution in [0.2, 0.25) is 5.02 Å². The highest BCUT2D eigenvalue weighted by Gasteiger charge is 2.22. The number of nitro benzene ring substituents is 2. The van der Waals surface area contributed by atoms with Crippen LogP contribution in [0.15, 0.2) is 36.4 Å². The van der Waals surface area contributed by atoms with Crippen molar-refractivity contribution in [3.05, 3.63) is 72.8 Å². The second kappa shape index (κ2) is 6.41. The van der Waals surface area contributed by atoms with Gasteiger partial charge < -0.3 is 5.32 Å². The molecule has 2 rings (SSSR count). The SMILES string of the molecule is Cc1c(NC(=O)c2ccc(Cl)cc2[N+](=O)[O-])cccc1[N+](=O)[O-]. The molecule has 0 bridgehead atoms. The number of rotatable bonds is 4. The van der Waals surface area contributed by atoms with Crippen molar-refractivity contribution < 1.29 is 14.6 Å². The average molecular weight is 336 g/mol. The van der Waals surface area contributed by atoms with Crippen molar-refractivity contribution in [1.29, 1.82) is 0 Å². The number of halogens is 1. The smallest absolute Gasteiger partial charge is 0.283 e. The fraction of sp³-hybridized carbons (Fsp3) is 0.0714. The van der Waals surface area contributed by atoms with Gasteiger partial charge in [-0.3, -0.25) is 25.0 Å². The van der Waals surface area contributed by atoms with E-state index >= 15 is 0 Å². The van der Waals surface area contributed by atoms with E-state index in [1.807, 2.05) is 0 Å². The van der Waals surface area contributed by atoms with Crippen LogP contribution >= 0.6 is 11.6 Å². The standard InChI is InChI=1S/C14H10ClN3O5/c1-8-11(3-2-4-12(8)17(20)21)16-14(19)10-6-5-9(15)7-13(10)18(22)23/h2-7H,1H3,(H,16,19). The Kier molecular flexibility index (Phi) is 4.56. The molecule has 1 N–H and O–H groups in total. The minimum absolute atomic E-state index is 0.125. The Balaban J connectivity index is 2.39. The summed E-state index contributed by atoms with van der Waals surface area (Å²) in [6, 6.07) is 7.83. The van der Waals surface area contributed by atoms with Crippen molar-refractivity contribution in [1.82, 2.24) is 0 Å². The number of hydrogen-bond donors (Lipinski definition) is 1. The van der Waals surface area contributed by atoms with Gasteiger partial charge >= 0.3 is 0 Å². The van der Waals surface area contributed by atoms with Crippen molar-refractivity contribution in [2.45, 2.75) is 6.92 Å². The predicted octanol–water partition coefficient (Wildman–Crippen LogP) is 3.72. The number of hydrogen-bond acceptors (Lipinski definition) is 5. The minimum Gasteiger partial charge on any atom is -0.321 e. The molecule has 0 unspecified atom stereocenters. The van der Waals surface area contributed by atoms with Crippen molar-refractivity contribution in [2.75, 3.05) is 5.32 Å². The molecule has 1 amide bonds. The largest absolute Gasteiger partial charge is 0.321 e. The van der Waals surface area contributed by atoms with Gasteiger partial charge in [0.2, 0.25) is 0 Å². The Morgan fingerprint density at radius 2 is 1.74 bits per heavy atom. The van der Waals surface area contributed by atoms with Crippen molar-refractivity contribution in [2.24, 2.45) is 0 Å². The number of amides is 1. The molecular formula is C14H10ClN3O5. The molecule has 0 fully saturated rings. The normalized spacial score (nSPS) is 10.2. The van der Waals surface area contributed by atoms with E-state index in [1.165, 1.54) is 37.3 Å². The Morgan fingerprint density at radius 1 is 1.09 bits per heavy atom. The van der Waals surface area contributed by atoms with Gasteiger partial charge in [-0.15, -0.1) is 0 Å². The van der Waals surface area contributed by atoms with Gasteiger partial charge in [-0.25, -0.2) is 0 Å². The van der Waals surface area contributed by atoms with E-state index < -0.39 is 21.4 Å². The third kappa shape index (κ3) is 3.43. The zero-order valence-electron chi connectivity index (χ0n) is 11.8. The topological polar surface area (TPSA) is 115 Å². The molecule has 0 heterocycles. The molecule has 0 spiro atoms. The summed E-state index contributed by atoms with van der Waals surface area (Å²) in [7, 11) is 0. The van der Waals surface area contributed by atoms with Gasteiger partial charge in [0.1, 0.15) is 5.56 Å². The number of nitro groups is 2. The molecule has 0 aliphatic carbocycles. The fourth-order valence-electron chi connectivity index (χ4n) is 1.99. The summed E-state index contributed by atoms with van der Waals surface area (Å²) in [6.45, 7) is 1.48. The molecule has 2 aromatic carbocycles. The maximum Gasteiger partial charge on any atom is 0.283 e. The number of nitrogens with zero attached hydrogens (tertiary/aromatic N) is 2. The van der Waals surface area contributed by atoms with Gasteiger partial charge in [0.05, 0.1) is 21.1 Å². The highest BCUT2D eigenvalue weighted by atomic mass is 35.5. The summed E-state index contributed by atoms with van der Waals surface area (Å²) in [5.41, 5.74) is -0.340. The van der Waals surface area contributed by atoms with E-state index in [9.17, 15) is 25.0 Å². The minimum atomic E-state index is -0.753. The molecule has 0 saturated carbocycles. The molecule has 9 heteroatoms. The van der Waals surface area contributed by atoms with Crippen LogP contribution in [0, 0.1) is 27.2 Å². The Labute approximate surface area is 135 Å². The molecule has 23 heavy (non-hydrogen) atoms. The van der Waals surface area contributed by atoms with Crippen LogP contribution in [0.25, 0.3) is 0 Å². The van der Waals surface area contributed by atoms with Gasteiger partial charge in [-0.1, -0.05) is 17.7 Å². The molecular weight excluding hydrogens is 326 g/mol. The van der Waals surface area contributed by atoms with Gasteiger partial charge in [0.15, 0.2) is 0 Å². The van der Waals surface area contributed by atoms with Crippen LogP contribution in [-0.4, -0.2) is 15.8 Å². The van der Waals surface area contributed by atoms with E-state index in [4.69, 9.17) is 11.6 Å². The molecule has 0 aliphatic rings. The third-order valence-electron chi connectivity index (χ3n) is 3.15. The third-order valence-corrected chi connectivity index (χ3v) is 3.39. The van der Waals surface area contributed by atoms with Crippen molar-refractivity contribution in [3.63, 3.8) is 0 Å². The summed E-state index contributed by atoms with van der Waals surface area (Å²) < 4.78 is 0. The monoisotopic (exact) mass is 335 g/mol. The second-order valence-corrected chi connectivity index (χ2v) is 5.02. The zero-order valence-corrected chi connectivity index (χ0v) is 12.5. The highest BCUT2D eigenvalue weighted by molar-refractivity contribution is 6.31. The Morgan fingerprint density at radius 3 is 2.35 bits per heavy atom. The van der Waals surface area contributed by atoms with Gasteiger partial charge in [0.25, 0.3) is 17.3 Å². The molecule has 0 atom stereocenters. The molecule has 0 radical (unpaired) electrons. The fourth-order valence-corrected chi connectivity index (χ4v) is 2.16. The first kappa shape index (κ1) is 16.4. The molecule has 8 nitrogen and oxygen atoms in total. The van der Waals surface area contributed by atoms with Gasteiger partial charge in [-0.05, 0) is 25.1 Å². The van der Waals surface area contributed by atoms with Crippen LogP contribution in [-0.2, 0) is 0 Å². The van der Waals surface area contributed by atoms with Crippen LogP contribution in [0.3, 0.4) is 0 Å². The van der Waals surface area contributed by atoms with Crippen LogP contribution in [0.1, 0.15) is 15.9 Å². The first-order valence-electron chi connectivity index (χ1n) is 6.30. The number of carbonyl (C=O) groups is 1. The van der Waals surface area contributed by atoms with Crippen LogP contribution < -0.4 is 5.32 Å². The molecule has 0 aromatic heterocycles. The first-order chi connectivity index (χ1) is 10.8. The highest BCUT2D eigenvalue weighted by Crippen LogP contribution is 2.28. The zero-order chi connectivity index (χ0) is 17.1. The lowest BCUT2D eigenvalue weighted by Crippen LogP contribution is -2.15. The summed E-state index contributed by atoms with van der Waals surface area (Å²) >= 11 is 5.70. The van der Waals surface area contributed by atoms with E-state index in [0.29, 0.717) is 0 Å². The van der Waals surface area contributed by atoms with E-state index in [2.05, 4.69) is 5.32 Å². The summed E-state index contributed by atoms with van der Waals surface area (Å²) in [5.74, 6) is -0.753. The lowest BCUT2D eigenvalue weighted by molar-refractivity contribution is -0.385. The summed E-state index contributed by atoms with van der Waals surface area (Å²) in [4.78, 5) is 32.9. The lowest BCUT2D eigenvalue weighted by atomic mass is 10.1. The lowest BCUT2D eigenvalue weighted by Gasteiger charge is -2.09. The van der Waals surface area contributed by atoms with Gasteiger partial charge in [0, 0.05) is 17.2 Å². The van der Waals surface area contributed by atoms with Crippen LogP contribution in [0.5, 0.6) is 0 Å². The average Bonchev–Trinajstić information content (AvgIpc) is 2.48. The Hall–Kier alpha value is -3.00. The number of anilines is 1. The maximum atomic E-state index is 12.3. The second-order valence-electron chi connectivity index (χ2n) is 4.58. The molecule has 118 valence electrons. The van der Waals surface area contributed by atoms with E-state index in [-0.39, 0.29) is 27.5 Å². The number of carbonyl (C=O) groups excluding carboxylic acids is 1. The summed E-state index contributed by atoms with van der Waals surface area (Å²) in [6.07, 6.45) is 0. The van der Waals surface area contributed by atoms with Gasteiger partial charge in [-0.2, -0.15) is 0 Å². The van der Waals surface area contributed by atoms with Crippen molar-refractivity contribution in [3.8, 4) is 0 Å². The van der Waals surface area contributed by atoms with E-state index in [1.54, 1.807) is 0 Å². The maximum absolute atomic E-state index is 12.3. The number of nitrogens with one attached hydrogen (secondary N) is 1. The first-order valence-corrected chi connectivity index (χ1v) is 6.68. The molecule has 0 aliphatic heterocycles. The summed E-state index contributed by atoms with van der Waals surface area (Å²) in [5, 5.41) is 24.5. The van der Waals surface area contributed by atoms with Crippen molar-refractivity contribution >= 4 is 34.6 Å². The Bertz CT molecular complexity index is 822. The van der Waals surface area contributed by atoms with E-state index in [0.717, 1.165) is 6.07 Å².